The molecule has 0 heterocycles. The number of nitrogens with one attached hydrogen (secondary N) is 1. The van der Waals surface area contributed by atoms with E-state index in [0.29, 0.717) is 16.5 Å². The van der Waals surface area contributed by atoms with Crippen LogP contribution in [0.25, 0.3) is 0 Å². The van der Waals surface area contributed by atoms with Gasteiger partial charge in [0, 0.05) is 10.7 Å². The first-order valence-electron chi connectivity index (χ1n) is 5.44. The fourth-order valence-corrected chi connectivity index (χ4v) is 1.69. The van der Waals surface area contributed by atoms with Gasteiger partial charge in [-0.3, -0.25) is 5.32 Å². The Hall–Kier alpha value is -2.00. The van der Waals surface area contributed by atoms with Gasteiger partial charge in [0.1, 0.15) is 5.75 Å². The van der Waals surface area contributed by atoms with Gasteiger partial charge in [0.2, 0.25) is 0 Å². The van der Waals surface area contributed by atoms with E-state index in [1.165, 1.54) is 0 Å². The molecule has 0 aliphatic heterocycles. The Labute approximate surface area is 110 Å². The monoisotopic (exact) mass is 261 g/mol. The Morgan fingerprint density at radius 2 is 1.94 bits per heavy atom. The molecule has 92 valence electrons. The lowest BCUT2D eigenvalue weighted by Crippen LogP contribution is -2.16. The smallest absolute Gasteiger partial charge is 0.410 e. The van der Waals surface area contributed by atoms with Gasteiger partial charge in [-0.15, -0.1) is 0 Å². The van der Waals surface area contributed by atoms with Crippen molar-refractivity contribution < 1.29 is 9.53 Å². The van der Waals surface area contributed by atoms with Crippen molar-refractivity contribution in [1.82, 2.24) is 0 Å². The second-order valence-electron chi connectivity index (χ2n) is 3.84. The molecule has 0 saturated heterocycles. The molecule has 0 aliphatic rings. The van der Waals surface area contributed by atoms with Crippen LogP contribution in [-0.2, 0) is 0 Å². The minimum atomic E-state index is -0.539. The zero-order valence-electron chi connectivity index (χ0n) is 9.81. The number of benzene rings is 2. The van der Waals surface area contributed by atoms with Crippen molar-refractivity contribution in [3.63, 3.8) is 0 Å². The van der Waals surface area contributed by atoms with E-state index in [4.69, 9.17) is 16.3 Å². The summed E-state index contributed by atoms with van der Waals surface area (Å²) in [7, 11) is 0. The quantitative estimate of drug-likeness (QED) is 0.877. The van der Waals surface area contributed by atoms with E-state index < -0.39 is 6.09 Å². The zero-order valence-corrected chi connectivity index (χ0v) is 10.6. The molecule has 3 nitrogen and oxygen atoms in total. The summed E-state index contributed by atoms with van der Waals surface area (Å²) in [6.07, 6.45) is -0.539. The first-order valence-corrected chi connectivity index (χ1v) is 5.82. The van der Waals surface area contributed by atoms with Crippen LogP contribution in [0.1, 0.15) is 5.56 Å². The Kier molecular flexibility index (Phi) is 3.85. The van der Waals surface area contributed by atoms with Gasteiger partial charge in [0.15, 0.2) is 0 Å². The van der Waals surface area contributed by atoms with Crippen molar-refractivity contribution >= 4 is 23.4 Å². The van der Waals surface area contributed by atoms with Crippen molar-refractivity contribution in [3.8, 4) is 5.75 Å². The topological polar surface area (TPSA) is 38.3 Å². The third kappa shape index (κ3) is 3.50. The maximum Gasteiger partial charge on any atom is 0.417 e. The number of hydrogen-bond acceptors (Lipinski definition) is 2. The summed E-state index contributed by atoms with van der Waals surface area (Å²) in [5, 5.41) is 3.16. The van der Waals surface area contributed by atoms with Crippen molar-refractivity contribution in [2.45, 2.75) is 6.92 Å². The van der Waals surface area contributed by atoms with Gasteiger partial charge in [0.05, 0.1) is 0 Å². The van der Waals surface area contributed by atoms with Crippen molar-refractivity contribution in [3.05, 3.63) is 59.1 Å². The van der Waals surface area contributed by atoms with Crippen molar-refractivity contribution in [2.24, 2.45) is 0 Å². The molecule has 18 heavy (non-hydrogen) atoms. The highest BCUT2D eigenvalue weighted by molar-refractivity contribution is 6.30. The lowest BCUT2D eigenvalue weighted by atomic mass is 10.2. The minimum Gasteiger partial charge on any atom is -0.410 e. The maximum atomic E-state index is 11.6. The van der Waals surface area contributed by atoms with Gasteiger partial charge in [-0.05, 0) is 42.8 Å². The molecule has 0 aliphatic carbocycles. The van der Waals surface area contributed by atoms with Gasteiger partial charge in [-0.2, -0.15) is 0 Å². The lowest BCUT2D eigenvalue weighted by Gasteiger charge is -2.07. The van der Waals surface area contributed by atoms with Crippen LogP contribution in [0.15, 0.2) is 48.5 Å². The number of halogens is 1. The molecule has 1 amide bonds. The van der Waals surface area contributed by atoms with E-state index in [1.807, 2.05) is 19.1 Å². The molecule has 0 fully saturated rings. The second kappa shape index (κ2) is 5.56. The molecular weight excluding hydrogens is 250 g/mol. The highest BCUT2D eigenvalue weighted by Crippen LogP contribution is 2.16. The summed E-state index contributed by atoms with van der Waals surface area (Å²) < 4.78 is 5.15. The van der Waals surface area contributed by atoms with Crippen LogP contribution in [-0.4, -0.2) is 6.09 Å². The summed E-state index contributed by atoms with van der Waals surface area (Å²) in [5.74, 6) is 0.509. The van der Waals surface area contributed by atoms with Crippen LogP contribution in [0.5, 0.6) is 5.75 Å². The summed E-state index contributed by atoms with van der Waals surface area (Å²) in [5.41, 5.74) is 1.63. The maximum absolute atomic E-state index is 11.6. The number of ether oxygens (including phenoxy) is 1. The summed E-state index contributed by atoms with van der Waals surface area (Å²) >= 11 is 5.82. The molecule has 0 radical (unpaired) electrons. The molecule has 4 heteroatoms. The molecule has 2 aromatic carbocycles. The average Bonchev–Trinajstić information content (AvgIpc) is 2.28. The van der Waals surface area contributed by atoms with Gasteiger partial charge < -0.3 is 4.74 Å². The summed E-state index contributed by atoms with van der Waals surface area (Å²) in [4.78, 5) is 11.6. The normalized spacial score (nSPS) is 9.89. The number of amides is 1. The standard InChI is InChI=1S/C14H12ClNO2/c1-10-4-2-7-13(8-10)18-14(17)16-12-6-3-5-11(15)9-12/h2-9H,1H3,(H,16,17). The Morgan fingerprint density at radius 1 is 1.17 bits per heavy atom. The van der Waals surface area contributed by atoms with Gasteiger partial charge in [-0.25, -0.2) is 4.79 Å². The second-order valence-corrected chi connectivity index (χ2v) is 4.28. The molecule has 0 bridgehead atoms. The zero-order chi connectivity index (χ0) is 13.0. The number of anilines is 1. The number of aryl methyl sites for hydroxylation is 1. The molecule has 0 saturated carbocycles. The summed E-state index contributed by atoms with van der Waals surface area (Å²) in [6.45, 7) is 1.93. The van der Waals surface area contributed by atoms with Crippen molar-refractivity contribution in [2.75, 3.05) is 5.32 Å². The molecule has 0 aromatic heterocycles. The van der Waals surface area contributed by atoms with Gasteiger partial charge in [0.25, 0.3) is 0 Å². The van der Waals surface area contributed by atoms with E-state index in [0.717, 1.165) is 5.56 Å². The first-order chi connectivity index (χ1) is 8.63. The number of carbonyl (C=O) groups excluding carboxylic acids is 1. The highest BCUT2D eigenvalue weighted by Gasteiger charge is 2.05. The predicted octanol–water partition coefficient (Wildman–Crippen LogP) is 4.26. The largest absolute Gasteiger partial charge is 0.417 e. The molecule has 0 atom stereocenters. The van der Waals surface area contributed by atoms with Crippen LogP contribution in [0.2, 0.25) is 5.02 Å². The lowest BCUT2D eigenvalue weighted by molar-refractivity contribution is 0.215. The van der Waals surface area contributed by atoms with Crippen LogP contribution in [0.3, 0.4) is 0 Å². The fourth-order valence-electron chi connectivity index (χ4n) is 1.50. The van der Waals surface area contributed by atoms with Crippen molar-refractivity contribution in [1.29, 1.82) is 0 Å². The SMILES string of the molecule is Cc1cccc(OC(=O)Nc2cccc(Cl)c2)c1. The number of rotatable bonds is 2. The molecule has 0 unspecified atom stereocenters. The van der Waals surface area contributed by atoms with E-state index in [1.54, 1.807) is 36.4 Å². The van der Waals surface area contributed by atoms with Crippen LogP contribution < -0.4 is 10.1 Å². The molecular formula is C14H12ClNO2. The Morgan fingerprint density at radius 3 is 2.67 bits per heavy atom. The summed E-state index contributed by atoms with van der Waals surface area (Å²) in [6, 6.07) is 14.2. The molecule has 2 rings (SSSR count). The van der Waals surface area contributed by atoms with E-state index in [-0.39, 0.29) is 0 Å². The Balaban J connectivity index is 2.01. The Bertz CT molecular complexity index is 520. The van der Waals surface area contributed by atoms with Crippen LogP contribution in [0.4, 0.5) is 10.5 Å². The van der Waals surface area contributed by atoms with Gasteiger partial charge >= 0.3 is 6.09 Å². The number of hydrogen-bond donors (Lipinski definition) is 1. The fraction of sp³-hybridized carbons (Fsp3) is 0.0714. The first kappa shape index (κ1) is 12.5. The third-order valence-electron chi connectivity index (χ3n) is 2.27. The highest BCUT2D eigenvalue weighted by atomic mass is 35.5. The molecule has 0 spiro atoms. The van der Waals surface area contributed by atoms with E-state index in [2.05, 4.69) is 5.32 Å². The third-order valence-corrected chi connectivity index (χ3v) is 2.51. The predicted molar refractivity (Wildman–Crippen MR) is 72.3 cm³/mol. The van der Waals surface area contributed by atoms with E-state index >= 15 is 0 Å². The number of carbonyl (C=O) groups is 1. The molecule has 2 aromatic rings. The minimum absolute atomic E-state index is 0.509. The van der Waals surface area contributed by atoms with E-state index in [9.17, 15) is 4.79 Å². The van der Waals surface area contributed by atoms with Crippen LogP contribution in [0, 0.1) is 6.92 Å². The average molecular weight is 262 g/mol. The van der Waals surface area contributed by atoms with Gasteiger partial charge in [-0.1, -0.05) is 29.8 Å². The molecule has 1 N–H and O–H groups in total. The van der Waals surface area contributed by atoms with Crippen LogP contribution >= 0.6 is 11.6 Å².